The van der Waals surface area contributed by atoms with Gasteiger partial charge in [-0.3, -0.25) is 14.2 Å². The number of hydrogen-bond donors (Lipinski definition) is 2. The molecule has 5 rings (SSSR count). The minimum absolute atomic E-state index is 0.0262. The van der Waals surface area contributed by atoms with E-state index in [0.717, 1.165) is 63.5 Å². The number of nitrogens with one attached hydrogen (secondary N) is 1. The number of hydrogen-bond acceptors (Lipinski definition) is 5. The van der Waals surface area contributed by atoms with Gasteiger partial charge in [-0.15, -0.1) is 6.58 Å². The number of benzene rings is 1. The predicted octanol–water partition coefficient (Wildman–Crippen LogP) is 5.13. The normalized spacial score (nSPS) is 21.1. The maximum atomic E-state index is 15.0. The largest absolute Gasteiger partial charge is 0.394 e. The van der Waals surface area contributed by atoms with Gasteiger partial charge in [0.2, 0.25) is 5.43 Å². The highest BCUT2D eigenvalue weighted by Gasteiger charge is 2.26. The highest BCUT2D eigenvalue weighted by atomic mass is 19.1. The van der Waals surface area contributed by atoms with Crippen LogP contribution < -0.4 is 15.6 Å². The number of allylic oxidation sites excluding steroid dienone is 1. The smallest absolute Gasteiger partial charge is 0.256 e. The number of amides is 1. The van der Waals surface area contributed by atoms with E-state index in [1.807, 2.05) is 11.0 Å². The summed E-state index contributed by atoms with van der Waals surface area (Å²) >= 11 is 0. The van der Waals surface area contributed by atoms with E-state index in [2.05, 4.69) is 11.9 Å². The molecule has 1 aromatic carbocycles. The van der Waals surface area contributed by atoms with E-state index in [1.165, 1.54) is 16.8 Å². The van der Waals surface area contributed by atoms with Gasteiger partial charge in [0, 0.05) is 25.4 Å². The van der Waals surface area contributed by atoms with Gasteiger partial charge in [0.15, 0.2) is 5.65 Å². The lowest BCUT2D eigenvalue weighted by molar-refractivity contribution is 0.0950. The third kappa shape index (κ3) is 5.80. The monoisotopic (exact) mass is 550 g/mol. The maximum Gasteiger partial charge on any atom is 0.256 e. The van der Waals surface area contributed by atoms with Crippen LogP contribution in [0.15, 0.2) is 54.0 Å². The molecule has 3 heterocycles. The molecule has 1 aliphatic heterocycles. The van der Waals surface area contributed by atoms with Crippen molar-refractivity contribution in [2.24, 2.45) is 11.8 Å². The average Bonchev–Trinajstić information content (AvgIpc) is 3.40. The number of carbonyl (C=O) groups excluding carboxylic acids is 1. The van der Waals surface area contributed by atoms with E-state index in [-0.39, 0.29) is 34.9 Å². The molecule has 212 valence electrons. The average molecular weight is 551 g/mol. The van der Waals surface area contributed by atoms with E-state index in [1.54, 1.807) is 12.1 Å². The molecular formula is C31H36F2N4O3. The number of aromatic nitrogens is 2. The molecule has 0 radical (unpaired) electrons. The molecule has 2 fully saturated rings. The van der Waals surface area contributed by atoms with E-state index < -0.39 is 23.0 Å². The van der Waals surface area contributed by atoms with Crippen molar-refractivity contribution in [2.45, 2.75) is 57.4 Å². The van der Waals surface area contributed by atoms with Crippen LogP contribution in [0.4, 0.5) is 14.6 Å². The number of pyridine rings is 2. The molecule has 3 unspecified atom stereocenters. The number of aliphatic hydroxyl groups is 1. The fraction of sp³-hybridized carbons (Fsp3) is 0.452. The summed E-state index contributed by atoms with van der Waals surface area (Å²) < 4.78 is 30.1. The number of piperidine rings is 1. The Kier molecular flexibility index (Phi) is 8.59. The minimum Gasteiger partial charge on any atom is -0.394 e. The van der Waals surface area contributed by atoms with Gasteiger partial charge in [0.1, 0.15) is 23.0 Å². The lowest BCUT2D eigenvalue weighted by Crippen LogP contribution is -2.42. The van der Waals surface area contributed by atoms with Crippen molar-refractivity contribution in [3.8, 4) is 5.69 Å². The number of carbonyl (C=O) groups is 1. The highest BCUT2D eigenvalue weighted by molar-refractivity contribution is 5.97. The van der Waals surface area contributed by atoms with Crippen molar-refractivity contribution in [1.82, 2.24) is 14.9 Å². The summed E-state index contributed by atoms with van der Waals surface area (Å²) in [5.74, 6) is -0.405. The molecular weight excluding hydrogens is 514 g/mol. The third-order valence-corrected chi connectivity index (χ3v) is 8.37. The first kappa shape index (κ1) is 28.0. The Bertz CT molecular complexity index is 1460. The molecule has 2 aromatic heterocycles. The minimum atomic E-state index is -0.843. The van der Waals surface area contributed by atoms with Gasteiger partial charge >= 0.3 is 0 Å². The second kappa shape index (κ2) is 12.3. The van der Waals surface area contributed by atoms with Crippen LogP contribution in [0.1, 0.15) is 61.7 Å². The molecule has 1 saturated carbocycles. The van der Waals surface area contributed by atoms with Gasteiger partial charge in [0.05, 0.1) is 23.7 Å². The molecule has 0 bridgehead atoms. The van der Waals surface area contributed by atoms with Crippen molar-refractivity contribution in [3.63, 3.8) is 0 Å². The van der Waals surface area contributed by atoms with Crippen LogP contribution in [0.2, 0.25) is 0 Å². The summed E-state index contributed by atoms with van der Waals surface area (Å²) in [7, 11) is 0. The van der Waals surface area contributed by atoms with Crippen LogP contribution in [0.25, 0.3) is 16.7 Å². The van der Waals surface area contributed by atoms with Crippen LogP contribution in [0.5, 0.6) is 0 Å². The molecule has 7 nitrogen and oxygen atoms in total. The number of aliphatic hydroxyl groups excluding tert-OH is 1. The molecule has 1 saturated heterocycles. The lowest BCUT2D eigenvalue weighted by Gasteiger charge is -2.35. The molecule has 40 heavy (non-hydrogen) atoms. The fourth-order valence-electron chi connectivity index (χ4n) is 6.24. The number of rotatable bonds is 9. The van der Waals surface area contributed by atoms with Crippen molar-refractivity contribution in [2.75, 3.05) is 24.6 Å². The van der Waals surface area contributed by atoms with Crippen molar-refractivity contribution in [3.05, 3.63) is 76.6 Å². The Labute approximate surface area is 232 Å². The van der Waals surface area contributed by atoms with Crippen LogP contribution in [0, 0.1) is 23.5 Å². The third-order valence-electron chi connectivity index (χ3n) is 8.37. The Balaban J connectivity index is 1.48. The first-order valence-corrected chi connectivity index (χ1v) is 14.2. The van der Waals surface area contributed by atoms with Crippen LogP contribution in [-0.4, -0.2) is 46.3 Å². The molecule has 3 atom stereocenters. The predicted molar refractivity (Wildman–Crippen MR) is 152 cm³/mol. The fourth-order valence-corrected chi connectivity index (χ4v) is 6.24. The number of fused-ring (bicyclic) bond motifs is 1. The summed E-state index contributed by atoms with van der Waals surface area (Å²) in [6.45, 7) is 4.91. The zero-order chi connectivity index (χ0) is 28.2. The second-order valence-electron chi connectivity index (χ2n) is 11.0. The Morgan fingerprint density at radius 3 is 2.75 bits per heavy atom. The van der Waals surface area contributed by atoms with Crippen molar-refractivity contribution < 1.29 is 18.7 Å². The van der Waals surface area contributed by atoms with Crippen LogP contribution >= 0.6 is 0 Å². The van der Waals surface area contributed by atoms with Gasteiger partial charge in [-0.1, -0.05) is 12.5 Å². The number of nitrogens with zero attached hydrogens (tertiary/aromatic N) is 3. The Hall–Kier alpha value is -3.59. The van der Waals surface area contributed by atoms with E-state index in [0.29, 0.717) is 30.7 Å². The maximum absolute atomic E-state index is 15.0. The first-order valence-electron chi connectivity index (χ1n) is 14.2. The molecule has 1 aliphatic carbocycles. The molecule has 2 aliphatic rings. The summed E-state index contributed by atoms with van der Waals surface area (Å²) in [5, 5.41) is 12.9. The lowest BCUT2D eigenvalue weighted by atomic mass is 9.99. The van der Waals surface area contributed by atoms with Gasteiger partial charge in [0.25, 0.3) is 5.91 Å². The Morgan fingerprint density at radius 2 is 1.98 bits per heavy atom. The SMILES string of the molecule is C=CCC1CCC(CCNC(=O)c2cn(-c3ccc(F)cc3F)c3nc(N4CCCCC4CO)ccc3c2=O)C1. The first-order chi connectivity index (χ1) is 19.4. The van der Waals surface area contributed by atoms with Crippen LogP contribution in [0.3, 0.4) is 0 Å². The van der Waals surface area contributed by atoms with Crippen molar-refractivity contribution in [1.29, 1.82) is 0 Å². The molecule has 9 heteroatoms. The summed E-state index contributed by atoms with van der Waals surface area (Å²) in [4.78, 5) is 33.4. The number of anilines is 1. The molecule has 0 spiro atoms. The van der Waals surface area contributed by atoms with Gasteiger partial charge in [-0.25, -0.2) is 13.8 Å². The Morgan fingerprint density at radius 1 is 1.15 bits per heavy atom. The quantitative estimate of drug-likeness (QED) is 0.361. The summed E-state index contributed by atoms with van der Waals surface area (Å²) in [5.41, 5.74) is -0.504. The summed E-state index contributed by atoms with van der Waals surface area (Å²) in [6.07, 6.45) is 11.2. The molecule has 1 amide bonds. The number of halogens is 2. The van der Waals surface area contributed by atoms with Gasteiger partial charge in [-0.2, -0.15) is 0 Å². The van der Waals surface area contributed by atoms with Gasteiger partial charge < -0.3 is 15.3 Å². The summed E-state index contributed by atoms with van der Waals surface area (Å²) in [6, 6.07) is 6.33. The zero-order valence-electron chi connectivity index (χ0n) is 22.6. The standard InChI is InChI=1S/C31H36F2N4O3/c1-2-5-20-7-8-21(16-20)13-14-34-31(40)25-18-37(27-11-9-22(32)17-26(27)33)30-24(29(25)39)10-12-28(35-30)36-15-4-3-6-23(36)19-38/h2,9-12,17-18,20-21,23,38H,1,3-8,13-16,19H2,(H,34,40). The second-order valence-corrected chi connectivity index (χ2v) is 11.0. The molecule has 2 N–H and O–H groups in total. The van der Waals surface area contributed by atoms with E-state index >= 15 is 4.39 Å². The zero-order valence-corrected chi connectivity index (χ0v) is 22.6. The van der Waals surface area contributed by atoms with E-state index in [4.69, 9.17) is 4.98 Å². The van der Waals surface area contributed by atoms with Crippen LogP contribution in [-0.2, 0) is 0 Å². The van der Waals surface area contributed by atoms with E-state index in [9.17, 15) is 19.1 Å². The highest BCUT2D eigenvalue weighted by Crippen LogP contribution is 2.35. The topological polar surface area (TPSA) is 87.5 Å². The van der Waals surface area contributed by atoms with Crippen molar-refractivity contribution >= 4 is 22.8 Å². The van der Waals surface area contributed by atoms with Gasteiger partial charge in [-0.05, 0) is 81.0 Å². The molecule has 3 aromatic rings.